The number of anilines is 2. The van der Waals surface area contributed by atoms with Crippen LogP contribution in [0.2, 0.25) is 5.02 Å². The van der Waals surface area contributed by atoms with Gasteiger partial charge in [0.05, 0.1) is 27.4 Å². The molecule has 4 aliphatic rings. The fourth-order valence-corrected chi connectivity index (χ4v) is 7.82. The molecule has 0 radical (unpaired) electrons. The summed E-state index contributed by atoms with van der Waals surface area (Å²) >= 11 is 7.72. The number of thiophene rings is 1. The van der Waals surface area contributed by atoms with E-state index in [2.05, 4.69) is 22.5 Å². The summed E-state index contributed by atoms with van der Waals surface area (Å²) in [5.74, 6) is 1.36. The van der Waals surface area contributed by atoms with Gasteiger partial charge in [-0.05, 0) is 88.8 Å². The van der Waals surface area contributed by atoms with Crippen LogP contribution in [0.3, 0.4) is 0 Å². The Hall–Kier alpha value is -2.12. The summed E-state index contributed by atoms with van der Waals surface area (Å²) in [4.78, 5) is 33.5. The van der Waals surface area contributed by atoms with Crippen molar-refractivity contribution in [3.8, 4) is 0 Å². The first-order chi connectivity index (χ1) is 17.9. The average Bonchev–Trinajstić information content (AvgIpc) is 3.60. The van der Waals surface area contributed by atoms with Crippen molar-refractivity contribution in [2.24, 2.45) is 11.8 Å². The zero-order valence-electron chi connectivity index (χ0n) is 22.0. The standard InChI is InChI=1S/C29H39ClN4O2S/c1-19-24(16-23(30)17-31-19)32-20(2)26-7-8-27(37-26)34(18-35)25(15-22-5-3-4-6-22)28(36)33-29-12-9-21(10-13-29)11-14-29/h7-8,16-18,20-22,25,32H,3-6,9-15H2,1-2H3,(H,33,36)/t20-,21?,25-,29?/m0/s1. The summed E-state index contributed by atoms with van der Waals surface area (Å²) in [6.07, 6.45) is 14.8. The minimum absolute atomic E-state index is 0.00430. The molecule has 2 atom stereocenters. The quantitative estimate of drug-likeness (QED) is 0.316. The first kappa shape index (κ1) is 26.5. The molecule has 0 aliphatic heterocycles. The number of amides is 2. The smallest absolute Gasteiger partial charge is 0.243 e. The first-order valence-corrected chi connectivity index (χ1v) is 15.1. The van der Waals surface area contributed by atoms with E-state index in [0.29, 0.717) is 10.9 Å². The number of rotatable bonds is 10. The van der Waals surface area contributed by atoms with Gasteiger partial charge < -0.3 is 10.6 Å². The van der Waals surface area contributed by atoms with Crippen molar-refractivity contribution >= 4 is 45.9 Å². The molecule has 6 nitrogen and oxygen atoms in total. The van der Waals surface area contributed by atoms with Gasteiger partial charge in [0.1, 0.15) is 6.04 Å². The van der Waals surface area contributed by atoms with Gasteiger partial charge in [0, 0.05) is 16.6 Å². The Bertz CT molecular complexity index is 1090. The number of carbonyl (C=O) groups excluding carboxylic acids is 2. The fourth-order valence-electron chi connectivity index (χ4n) is 6.64. The lowest BCUT2D eigenvalue weighted by molar-refractivity contribution is -0.127. The summed E-state index contributed by atoms with van der Waals surface area (Å²) < 4.78 is 0. The Morgan fingerprint density at radius 3 is 2.59 bits per heavy atom. The Morgan fingerprint density at radius 2 is 1.92 bits per heavy atom. The summed E-state index contributed by atoms with van der Waals surface area (Å²) in [6.45, 7) is 4.03. The Morgan fingerprint density at radius 1 is 1.22 bits per heavy atom. The molecular formula is C29H39ClN4O2S. The van der Waals surface area contributed by atoms with Crippen LogP contribution in [0, 0.1) is 18.8 Å². The van der Waals surface area contributed by atoms with Crippen LogP contribution in [-0.4, -0.2) is 28.9 Å². The SMILES string of the molecule is Cc1ncc(Cl)cc1N[C@@H](C)c1ccc(N(C=O)[C@@H](CC2CCCC2)C(=O)NC23CCC(CC2)CC3)s1. The number of halogens is 1. The van der Waals surface area contributed by atoms with Gasteiger partial charge in [0.15, 0.2) is 0 Å². The van der Waals surface area contributed by atoms with Gasteiger partial charge in [0.25, 0.3) is 0 Å². The molecular weight excluding hydrogens is 504 g/mol. The molecule has 0 aromatic carbocycles. The molecule has 200 valence electrons. The maximum absolute atomic E-state index is 13.9. The van der Waals surface area contributed by atoms with Gasteiger partial charge in [-0.25, -0.2) is 0 Å². The van der Waals surface area contributed by atoms with Gasteiger partial charge >= 0.3 is 0 Å². The average molecular weight is 543 g/mol. The maximum Gasteiger partial charge on any atom is 0.243 e. The van der Waals surface area contributed by atoms with Crippen LogP contribution in [0.15, 0.2) is 24.4 Å². The Labute approximate surface area is 229 Å². The molecule has 6 rings (SSSR count). The van der Waals surface area contributed by atoms with Crippen molar-refractivity contribution in [2.75, 3.05) is 10.2 Å². The third-order valence-corrected chi connectivity index (χ3v) is 10.5. The number of nitrogens with zero attached hydrogens (tertiary/aromatic N) is 2. The molecule has 37 heavy (non-hydrogen) atoms. The van der Waals surface area contributed by atoms with Crippen LogP contribution in [0.25, 0.3) is 0 Å². The lowest BCUT2D eigenvalue weighted by Gasteiger charge is -2.47. The molecule has 2 aromatic rings. The largest absolute Gasteiger partial charge is 0.376 e. The molecule has 4 saturated carbocycles. The lowest BCUT2D eigenvalue weighted by atomic mass is 9.65. The number of aryl methyl sites for hydroxylation is 1. The van der Waals surface area contributed by atoms with E-state index in [-0.39, 0.29) is 17.5 Å². The van der Waals surface area contributed by atoms with E-state index in [0.717, 1.165) is 72.1 Å². The predicted octanol–water partition coefficient (Wildman–Crippen LogP) is 7.03. The highest BCUT2D eigenvalue weighted by Gasteiger charge is 2.43. The predicted molar refractivity (Wildman–Crippen MR) is 151 cm³/mol. The molecule has 0 saturated heterocycles. The van der Waals surface area contributed by atoms with Crippen molar-refractivity contribution in [1.82, 2.24) is 10.3 Å². The molecule has 2 amide bonds. The minimum Gasteiger partial charge on any atom is -0.376 e. The number of fused-ring (bicyclic) bond motifs is 3. The number of nitrogens with one attached hydrogen (secondary N) is 2. The molecule has 0 spiro atoms. The number of pyridine rings is 1. The van der Waals surface area contributed by atoms with Crippen molar-refractivity contribution in [2.45, 2.75) is 102 Å². The summed E-state index contributed by atoms with van der Waals surface area (Å²) in [6, 6.07) is 5.45. The van der Waals surface area contributed by atoms with Crippen molar-refractivity contribution in [3.05, 3.63) is 40.0 Å². The minimum atomic E-state index is -0.469. The van der Waals surface area contributed by atoms with E-state index in [9.17, 15) is 9.59 Å². The maximum atomic E-state index is 13.9. The highest BCUT2D eigenvalue weighted by Crippen LogP contribution is 2.44. The van der Waals surface area contributed by atoms with E-state index in [1.165, 1.54) is 32.1 Å². The normalized spacial score (nSPS) is 25.0. The molecule has 4 fully saturated rings. The van der Waals surface area contributed by atoms with Crippen LogP contribution in [-0.2, 0) is 9.59 Å². The third kappa shape index (κ3) is 5.98. The molecule has 4 aliphatic carbocycles. The van der Waals surface area contributed by atoms with E-state index >= 15 is 0 Å². The second kappa shape index (κ2) is 11.3. The van der Waals surface area contributed by atoms with E-state index in [1.807, 2.05) is 25.1 Å². The van der Waals surface area contributed by atoms with E-state index in [1.54, 1.807) is 22.4 Å². The monoisotopic (exact) mass is 542 g/mol. The van der Waals surface area contributed by atoms with Gasteiger partial charge in [0.2, 0.25) is 12.3 Å². The highest BCUT2D eigenvalue weighted by atomic mass is 35.5. The summed E-state index contributed by atoms with van der Waals surface area (Å²) in [5, 5.41) is 8.39. The first-order valence-electron chi connectivity index (χ1n) is 13.9. The van der Waals surface area contributed by atoms with Crippen LogP contribution in [0.5, 0.6) is 0 Å². The van der Waals surface area contributed by atoms with Crippen LogP contribution < -0.4 is 15.5 Å². The zero-order chi connectivity index (χ0) is 26.0. The van der Waals surface area contributed by atoms with Crippen LogP contribution in [0.4, 0.5) is 10.7 Å². The number of aromatic nitrogens is 1. The molecule has 8 heteroatoms. The van der Waals surface area contributed by atoms with E-state index in [4.69, 9.17) is 11.6 Å². The van der Waals surface area contributed by atoms with Gasteiger partial charge in [-0.3, -0.25) is 19.5 Å². The topological polar surface area (TPSA) is 74.3 Å². The third-order valence-electron chi connectivity index (χ3n) is 8.98. The van der Waals surface area contributed by atoms with Gasteiger partial charge in [-0.2, -0.15) is 0 Å². The fraction of sp³-hybridized carbons (Fsp3) is 0.621. The molecule has 0 unspecified atom stereocenters. The second-order valence-corrected chi connectivity index (χ2v) is 13.0. The highest BCUT2D eigenvalue weighted by molar-refractivity contribution is 7.16. The Balaban J connectivity index is 1.34. The second-order valence-electron chi connectivity index (χ2n) is 11.5. The van der Waals surface area contributed by atoms with Gasteiger partial charge in [-0.1, -0.05) is 37.3 Å². The zero-order valence-corrected chi connectivity index (χ0v) is 23.5. The summed E-state index contributed by atoms with van der Waals surface area (Å²) in [5.41, 5.74) is 1.70. The number of carbonyl (C=O) groups is 2. The molecule has 2 aromatic heterocycles. The molecule has 2 bridgehead atoms. The number of hydrogen-bond acceptors (Lipinski definition) is 5. The van der Waals surface area contributed by atoms with Crippen molar-refractivity contribution < 1.29 is 9.59 Å². The van der Waals surface area contributed by atoms with Crippen LogP contribution >= 0.6 is 22.9 Å². The van der Waals surface area contributed by atoms with Gasteiger partial charge in [-0.15, -0.1) is 11.3 Å². The van der Waals surface area contributed by atoms with Crippen molar-refractivity contribution in [1.29, 1.82) is 0 Å². The summed E-state index contributed by atoms with van der Waals surface area (Å²) in [7, 11) is 0. The number of hydrogen-bond donors (Lipinski definition) is 2. The Kier molecular flexibility index (Phi) is 8.10. The molecule has 2 N–H and O–H groups in total. The van der Waals surface area contributed by atoms with Crippen LogP contribution in [0.1, 0.15) is 94.2 Å². The molecule has 2 heterocycles. The lowest BCUT2D eigenvalue weighted by Crippen LogP contribution is -2.58. The van der Waals surface area contributed by atoms with Crippen molar-refractivity contribution in [3.63, 3.8) is 0 Å². The van der Waals surface area contributed by atoms with E-state index < -0.39 is 6.04 Å².